The summed E-state index contributed by atoms with van der Waals surface area (Å²) >= 11 is 0. The molecular formula is C19H18F3NO. The van der Waals surface area contributed by atoms with Crippen LogP contribution in [0.5, 0.6) is 0 Å². The molecule has 2 aromatic carbocycles. The molecule has 2 aromatic rings. The molecule has 0 aliphatic rings. The maximum atomic E-state index is 12.8. The van der Waals surface area contributed by atoms with E-state index in [9.17, 15) is 18.0 Å². The van der Waals surface area contributed by atoms with Gasteiger partial charge in [-0.3, -0.25) is 4.79 Å². The van der Waals surface area contributed by atoms with Crippen molar-refractivity contribution >= 4 is 11.4 Å². The molecule has 0 atom stereocenters. The van der Waals surface area contributed by atoms with Crippen LogP contribution in [0, 0.1) is 0 Å². The minimum absolute atomic E-state index is 0.0848. The van der Waals surface area contributed by atoms with Gasteiger partial charge in [0.1, 0.15) is 0 Å². The van der Waals surface area contributed by atoms with Crippen molar-refractivity contribution in [2.24, 2.45) is 0 Å². The molecule has 0 amide bonds. The van der Waals surface area contributed by atoms with Crippen LogP contribution in [0.1, 0.15) is 16.7 Å². The summed E-state index contributed by atoms with van der Waals surface area (Å²) in [4.78, 5) is 14.4. The highest BCUT2D eigenvalue weighted by molar-refractivity contribution is 6.21. The van der Waals surface area contributed by atoms with Crippen molar-refractivity contribution in [2.45, 2.75) is 12.6 Å². The molecule has 0 spiro atoms. The van der Waals surface area contributed by atoms with Gasteiger partial charge in [0.2, 0.25) is 0 Å². The van der Waals surface area contributed by atoms with E-state index >= 15 is 0 Å². The van der Waals surface area contributed by atoms with Crippen molar-refractivity contribution in [3.63, 3.8) is 0 Å². The lowest BCUT2D eigenvalue weighted by molar-refractivity contribution is -0.137. The smallest absolute Gasteiger partial charge is 0.383 e. The molecule has 0 bridgehead atoms. The number of benzene rings is 2. The molecule has 0 aliphatic heterocycles. The monoisotopic (exact) mass is 333 g/mol. The van der Waals surface area contributed by atoms with E-state index < -0.39 is 11.7 Å². The average molecular weight is 333 g/mol. The third-order valence-electron chi connectivity index (χ3n) is 3.39. The second kappa shape index (κ2) is 7.34. The van der Waals surface area contributed by atoms with Crippen LogP contribution in [0.3, 0.4) is 0 Å². The fraction of sp³-hybridized carbons (Fsp3) is 0.211. The lowest BCUT2D eigenvalue weighted by Gasteiger charge is -2.13. The number of Topliss-reactive ketones (excluding diaryl/α,β-unsaturated/α-hetero) is 1. The third-order valence-corrected chi connectivity index (χ3v) is 3.39. The molecule has 2 nitrogen and oxygen atoms in total. The van der Waals surface area contributed by atoms with Gasteiger partial charge in [-0.1, -0.05) is 48.5 Å². The molecule has 24 heavy (non-hydrogen) atoms. The van der Waals surface area contributed by atoms with E-state index in [4.69, 9.17) is 0 Å². The minimum Gasteiger partial charge on any atom is -0.383 e. The Morgan fingerprint density at radius 2 is 1.71 bits per heavy atom. The zero-order chi connectivity index (χ0) is 17.7. The van der Waals surface area contributed by atoms with Crippen LogP contribution in [0.4, 0.5) is 13.2 Å². The number of ketones is 1. The summed E-state index contributed by atoms with van der Waals surface area (Å²) in [6.45, 7) is 0. The van der Waals surface area contributed by atoms with E-state index in [1.54, 1.807) is 37.3 Å². The molecule has 5 heteroatoms. The second-order valence-electron chi connectivity index (χ2n) is 5.67. The summed E-state index contributed by atoms with van der Waals surface area (Å²) in [7, 11) is 3.58. The first-order valence-corrected chi connectivity index (χ1v) is 7.40. The maximum absolute atomic E-state index is 12.8. The fourth-order valence-corrected chi connectivity index (χ4v) is 2.32. The molecule has 0 fully saturated rings. The predicted octanol–water partition coefficient (Wildman–Crippen LogP) is 4.42. The van der Waals surface area contributed by atoms with Gasteiger partial charge in [-0.05, 0) is 17.2 Å². The normalized spacial score (nSPS) is 12.1. The van der Waals surface area contributed by atoms with Crippen molar-refractivity contribution in [2.75, 3.05) is 14.1 Å². The van der Waals surface area contributed by atoms with Gasteiger partial charge < -0.3 is 4.90 Å². The zero-order valence-electron chi connectivity index (χ0n) is 13.5. The Balaban J connectivity index is 2.29. The summed E-state index contributed by atoms with van der Waals surface area (Å²) in [5, 5.41) is 0. The molecule has 0 unspecified atom stereocenters. The van der Waals surface area contributed by atoms with Gasteiger partial charge in [-0.15, -0.1) is 0 Å². The number of alkyl halides is 3. The van der Waals surface area contributed by atoms with Crippen molar-refractivity contribution in [3.05, 3.63) is 77.5 Å². The molecule has 0 aliphatic carbocycles. The number of rotatable bonds is 5. The summed E-state index contributed by atoms with van der Waals surface area (Å²) in [5.41, 5.74) is 0.808. The fourth-order valence-electron chi connectivity index (χ4n) is 2.32. The molecule has 0 saturated heterocycles. The maximum Gasteiger partial charge on any atom is 0.416 e. The molecular weight excluding hydrogens is 315 g/mol. The number of halogens is 3. The van der Waals surface area contributed by atoms with Crippen LogP contribution < -0.4 is 0 Å². The Hall–Kier alpha value is -2.56. The van der Waals surface area contributed by atoms with E-state index in [-0.39, 0.29) is 12.2 Å². The molecule has 2 rings (SSSR count). The largest absolute Gasteiger partial charge is 0.416 e. The molecule has 0 heterocycles. The van der Waals surface area contributed by atoms with Gasteiger partial charge in [0.05, 0.1) is 5.56 Å². The van der Waals surface area contributed by atoms with E-state index in [2.05, 4.69) is 0 Å². The van der Waals surface area contributed by atoms with Crippen molar-refractivity contribution in [3.8, 4) is 0 Å². The highest BCUT2D eigenvalue weighted by atomic mass is 19.4. The molecule has 0 saturated carbocycles. The first-order chi connectivity index (χ1) is 11.3. The number of hydrogen-bond donors (Lipinski definition) is 0. The Bertz CT molecular complexity index is 734. The SMILES string of the molecule is CN(C)C=C(C(=O)Cc1cccc(C(F)(F)F)c1)c1ccccc1. The van der Waals surface area contributed by atoms with Crippen LogP contribution in [0.15, 0.2) is 60.8 Å². The Labute approximate surface area is 139 Å². The molecule has 126 valence electrons. The van der Waals surface area contributed by atoms with Crippen LogP contribution >= 0.6 is 0 Å². The minimum atomic E-state index is -4.42. The number of carbonyl (C=O) groups is 1. The first kappa shape index (κ1) is 17.8. The van der Waals surface area contributed by atoms with Crippen LogP contribution in [-0.4, -0.2) is 24.8 Å². The van der Waals surface area contributed by atoms with Crippen molar-refractivity contribution in [1.29, 1.82) is 0 Å². The van der Waals surface area contributed by atoms with Gasteiger partial charge in [-0.2, -0.15) is 13.2 Å². The van der Waals surface area contributed by atoms with E-state index in [1.165, 1.54) is 12.1 Å². The topological polar surface area (TPSA) is 20.3 Å². The highest BCUT2D eigenvalue weighted by Gasteiger charge is 2.30. The second-order valence-corrected chi connectivity index (χ2v) is 5.67. The lowest BCUT2D eigenvalue weighted by Crippen LogP contribution is -2.12. The number of allylic oxidation sites excluding steroid dienone is 1. The van der Waals surface area contributed by atoms with Crippen LogP contribution in [0.25, 0.3) is 5.57 Å². The summed E-state index contributed by atoms with van der Waals surface area (Å²) < 4.78 is 38.4. The standard InChI is InChI=1S/C19H18F3NO/c1-23(2)13-17(15-8-4-3-5-9-15)18(24)12-14-7-6-10-16(11-14)19(20,21)22/h3-11,13H,12H2,1-2H3. The first-order valence-electron chi connectivity index (χ1n) is 7.40. The average Bonchev–Trinajstić information content (AvgIpc) is 2.52. The van der Waals surface area contributed by atoms with Gasteiger partial charge in [0, 0.05) is 32.3 Å². The number of hydrogen-bond acceptors (Lipinski definition) is 2. The predicted molar refractivity (Wildman–Crippen MR) is 88.3 cm³/mol. The Kier molecular flexibility index (Phi) is 5.44. The third kappa shape index (κ3) is 4.72. The Morgan fingerprint density at radius 3 is 2.29 bits per heavy atom. The summed E-state index contributed by atoms with van der Waals surface area (Å²) in [6, 6.07) is 14.0. The highest BCUT2D eigenvalue weighted by Crippen LogP contribution is 2.30. The van der Waals surface area contributed by atoms with Crippen LogP contribution in [0.2, 0.25) is 0 Å². The Morgan fingerprint density at radius 1 is 1.04 bits per heavy atom. The molecule has 0 radical (unpaired) electrons. The summed E-state index contributed by atoms with van der Waals surface area (Å²) in [5.74, 6) is -0.228. The van der Waals surface area contributed by atoms with Crippen molar-refractivity contribution < 1.29 is 18.0 Å². The lowest BCUT2D eigenvalue weighted by atomic mass is 9.97. The van der Waals surface area contributed by atoms with E-state index in [0.717, 1.165) is 17.7 Å². The van der Waals surface area contributed by atoms with E-state index in [0.29, 0.717) is 11.1 Å². The zero-order valence-corrected chi connectivity index (χ0v) is 13.5. The summed E-state index contributed by atoms with van der Waals surface area (Å²) in [6.07, 6.45) is -2.81. The quantitative estimate of drug-likeness (QED) is 0.755. The van der Waals surface area contributed by atoms with Gasteiger partial charge in [-0.25, -0.2) is 0 Å². The van der Waals surface area contributed by atoms with E-state index in [1.807, 2.05) is 18.2 Å². The van der Waals surface area contributed by atoms with Crippen LogP contribution in [-0.2, 0) is 17.4 Å². The number of nitrogens with zero attached hydrogens (tertiary/aromatic N) is 1. The van der Waals surface area contributed by atoms with Gasteiger partial charge in [0.15, 0.2) is 5.78 Å². The molecule has 0 aromatic heterocycles. The molecule has 0 N–H and O–H groups in total. The van der Waals surface area contributed by atoms with Gasteiger partial charge in [0.25, 0.3) is 0 Å². The van der Waals surface area contributed by atoms with Crippen molar-refractivity contribution in [1.82, 2.24) is 4.90 Å². The number of carbonyl (C=O) groups excluding carboxylic acids is 1. The van der Waals surface area contributed by atoms with Gasteiger partial charge >= 0.3 is 6.18 Å².